The number of H-pyrrole nitrogens is 3. The summed E-state index contributed by atoms with van der Waals surface area (Å²) in [4.78, 5) is 36.9. The summed E-state index contributed by atoms with van der Waals surface area (Å²) in [7, 11) is 0. The number of aromatic nitrogens is 6. The first-order valence-corrected chi connectivity index (χ1v) is 10.5. The van der Waals surface area contributed by atoms with Crippen LogP contribution >= 0.6 is 0 Å². The lowest BCUT2D eigenvalue weighted by Crippen LogP contribution is -2.37. The van der Waals surface area contributed by atoms with Crippen molar-refractivity contribution in [1.29, 1.82) is 0 Å². The van der Waals surface area contributed by atoms with Gasteiger partial charge in [-0.2, -0.15) is 0 Å². The van der Waals surface area contributed by atoms with Crippen molar-refractivity contribution in [2.24, 2.45) is 0 Å². The maximum Gasteiger partial charge on any atom is 0.326 e. The van der Waals surface area contributed by atoms with Crippen LogP contribution < -0.4 is 5.69 Å². The van der Waals surface area contributed by atoms with Gasteiger partial charge in [0, 0.05) is 42.9 Å². The Morgan fingerprint density at radius 1 is 0.935 bits per heavy atom. The highest BCUT2D eigenvalue weighted by Gasteiger charge is 2.16. The van der Waals surface area contributed by atoms with E-state index in [1.807, 2.05) is 38.1 Å². The molecule has 3 N–H and O–H groups in total. The number of fused-ring (bicyclic) bond motifs is 1. The van der Waals surface area contributed by atoms with E-state index in [4.69, 9.17) is 14.7 Å². The molecule has 5 rings (SSSR count). The second kappa shape index (κ2) is 8.09. The number of benzene rings is 1. The number of imidazole rings is 2. The number of aromatic amines is 3. The van der Waals surface area contributed by atoms with Gasteiger partial charge in [-0.15, -0.1) is 0 Å². The number of hydrogen-bond donors (Lipinski definition) is 3. The highest BCUT2D eigenvalue weighted by atomic mass is 16.5. The third-order valence-electron chi connectivity index (χ3n) is 5.76. The van der Waals surface area contributed by atoms with Crippen molar-refractivity contribution >= 4 is 11.3 Å². The van der Waals surface area contributed by atoms with Crippen molar-refractivity contribution < 1.29 is 4.74 Å². The van der Waals surface area contributed by atoms with E-state index >= 15 is 0 Å². The molecule has 1 aromatic carbocycles. The minimum Gasteiger partial charge on any atom is -0.379 e. The summed E-state index contributed by atoms with van der Waals surface area (Å²) in [6.45, 7) is 8.24. The molecule has 0 atom stereocenters. The van der Waals surface area contributed by atoms with E-state index in [0.717, 1.165) is 79.0 Å². The van der Waals surface area contributed by atoms with Crippen molar-refractivity contribution in [2.75, 3.05) is 32.8 Å². The highest BCUT2D eigenvalue weighted by Crippen LogP contribution is 2.26. The Morgan fingerprint density at radius 3 is 2.29 bits per heavy atom. The van der Waals surface area contributed by atoms with Crippen molar-refractivity contribution in [2.45, 2.75) is 20.3 Å². The van der Waals surface area contributed by atoms with E-state index in [-0.39, 0.29) is 5.69 Å². The fourth-order valence-corrected chi connectivity index (χ4v) is 3.86. The van der Waals surface area contributed by atoms with E-state index in [2.05, 4.69) is 24.8 Å². The molecule has 31 heavy (non-hydrogen) atoms. The SMILES string of the molecule is Cc1nc(-c2ccc(-c3nc4[nH]c(=O)[nH]c4nc3CCN3CCOCC3)cc2)[nH]c1C. The number of nitrogens with zero attached hydrogens (tertiary/aromatic N) is 4. The van der Waals surface area contributed by atoms with Crippen LogP contribution in [0.1, 0.15) is 17.1 Å². The van der Waals surface area contributed by atoms with Gasteiger partial charge in [0.15, 0.2) is 11.3 Å². The number of hydrogen-bond acceptors (Lipinski definition) is 6. The smallest absolute Gasteiger partial charge is 0.326 e. The number of aryl methyl sites for hydroxylation is 2. The Hall–Kier alpha value is -3.30. The van der Waals surface area contributed by atoms with Crippen molar-refractivity contribution in [3.63, 3.8) is 0 Å². The monoisotopic (exact) mass is 419 g/mol. The topological polar surface area (TPSA) is 116 Å². The zero-order valence-electron chi connectivity index (χ0n) is 17.7. The second-order valence-electron chi connectivity index (χ2n) is 7.87. The van der Waals surface area contributed by atoms with Gasteiger partial charge in [-0.05, 0) is 13.8 Å². The molecule has 0 radical (unpaired) electrons. The number of ether oxygens (including phenoxy) is 1. The molecular weight excluding hydrogens is 394 g/mol. The molecule has 0 bridgehead atoms. The summed E-state index contributed by atoms with van der Waals surface area (Å²) in [6.07, 6.45) is 0.740. The van der Waals surface area contributed by atoms with Gasteiger partial charge in [-0.1, -0.05) is 24.3 Å². The maximum atomic E-state index is 11.8. The highest BCUT2D eigenvalue weighted by molar-refractivity contribution is 5.73. The minimum absolute atomic E-state index is 0.301. The van der Waals surface area contributed by atoms with E-state index in [9.17, 15) is 4.79 Å². The molecule has 0 saturated carbocycles. The molecule has 9 nitrogen and oxygen atoms in total. The first-order valence-electron chi connectivity index (χ1n) is 10.5. The van der Waals surface area contributed by atoms with E-state index < -0.39 is 0 Å². The Labute approximate surface area is 178 Å². The Morgan fingerprint density at radius 2 is 1.61 bits per heavy atom. The molecule has 9 heteroatoms. The van der Waals surface area contributed by atoms with Crippen molar-refractivity contribution in [3.8, 4) is 22.6 Å². The Kier molecular flexibility index (Phi) is 5.13. The molecule has 0 aliphatic carbocycles. The van der Waals surface area contributed by atoms with Crippen LogP contribution in [-0.4, -0.2) is 67.7 Å². The third kappa shape index (κ3) is 4.01. The number of morpholine rings is 1. The molecule has 1 aliphatic rings. The van der Waals surface area contributed by atoms with Crippen LogP contribution in [0.3, 0.4) is 0 Å². The molecule has 1 fully saturated rings. The largest absolute Gasteiger partial charge is 0.379 e. The lowest BCUT2D eigenvalue weighted by molar-refractivity contribution is 0.0383. The van der Waals surface area contributed by atoms with Gasteiger partial charge < -0.3 is 9.72 Å². The quantitative estimate of drug-likeness (QED) is 0.457. The van der Waals surface area contributed by atoms with Gasteiger partial charge in [0.25, 0.3) is 0 Å². The molecule has 1 saturated heterocycles. The van der Waals surface area contributed by atoms with Crippen molar-refractivity contribution in [1.82, 2.24) is 34.8 Å². The molecule has 0 amide bonds. The van der Waals surface area contributed by atoms with Crippen LogP contribution in [0.2, 0.25) is 0 Å². The van der Waals surface area contributed by atoms with E-state index in [1.165, 1.54) is 0 Å². The van der Waals surface area contributed by atoms with Crippen LogP contribution in [0, 0.1) is 13.8 Å². The van der Waals surface area contributed by atoms with Gasteiger partial charge in [0.2, 0.25) is 0 Å². The fourth-order valence-electron chi connectivity index (χ4n) is 3.86. The average molecular weight is 419 g/mol. The Balaban J connectivity index is 1.48. The zero-order valence-corrected chi connectivity index (χ0v) is 17.7. The van der Waals surface area contributed by atoms with Crippen LogP contribution in [0.5, 0.6) is 0 Å². The first-order chi connectivity index (χ1) is 15.1. The summed E-state index contributed by atoms with van der Waals surface area (Å²) < 4.78 is 5.44. The molecule has 4 heterocycles. The lowest BCUT2D eigenvalue weighted by Gasteiger charge is -2.26. The van der Waals surface area contributed by atoms with E-state index in [0.29, 0.717) is 11.3 Å². The molecular formula is C22H25N7O2. The van der Waals surface area contributed by atoms with Crippen LogP contribution in [0.15, 0.2) is 29.1 Å². The van der Waals surface area contributed by atoms with Crippen LogP contribution in [0.25, 0.3) is 33.9 Å². The summed E-state index contributed by atoms with van der Waals surface area (Å²) >= 11 is 0. The average Bonchev–Trinajstić information content (AvgIpc) is 3.32. The van der Waals surface area contributed by atoms with Crippen molar-refractivity contribution in [3.05, 3.63) is 51.8 Å². The van der Waals surface area contributed by atoms with Crippen LogP contribution in [-0.2, 0) is 11.2 Å². The maximum absolute atomic E-state index is 11.8. The van der Waals surface area contributed by atoms with Crippen LogP contribution in [0.4, 0.5) is 0 Å². The zero-order chi connectivity index (χ0) is 21.4. The number of rotatable bonds is 5. The van der Waals surface area contributed by atoms with Gasteiger partial charge in [-0.25, -0.2) is 19.7 Å². The summed E-state index contributed by atoms with van der Waals surface area (Å²) in [5.74, 6) is 0.852. The van der Waals surface area contributed by atoms with Gasteiger partial charge >= 0.3 is 5.69 Å². The molecule has 0 spiro atoms. The molecule has 4 aromatic rings. The summed E-state index contributed by atoms with van der Waals surface area (Å²) in [5.41, 5.74) is 6.34. The standard InChI is InChI=1S/C22H25N7O2/c1-13-14(2)24-19(23-13)16-5-3-15(4-6-16)18-17(7-8-29-9-11-31-12-10-29)25-20-21(26-18)28-22(30)27-20/h3-6H,7-12H2,1-2H3,(H,23,24)(H2,25,26,27,28,30). The fraction of sp³-hybridized carbons (Fsp3) is 0.364. The van der Waals surface area contributed by atoms with E-state index in [1.54, 1.807) is 0 Å². The minimum atomic E-state index is -0.301. The van der Waals surface area contributed by atoms with Gasteiger partial charge in [0.1, 0.15) is 5.82 Å². The molecule has 160 valence electrons. The first kappa shape index (κ1) is 19.7. The lowest BCUT2D eigenvalue weighted by atomic mass is 10.0. The predicted molar refractivity (Wildman–Crippen MR) is 118 cm³/mol. The normalized spacial score (nSPS) is 15.0. The molecule has 1 aliphatic heterocycles. The third-order valence-corrected chi connectivity index (χ3v) is 5.76. The molecule has 0 unspecified atom stereocenters. The van der Waals surface area contributed by atoms with Gasteiger partial charge in [-0.3, -0.25) is 14.9 Å². The summed E-state index contributed by atoms with van der Waals surface area (Å²) in [5, 5.41) is 0. The second-order valence-corrected chi connectivity index (χ2v) is 7.87. The predicted octanol–water partition coefficient (Wildman–Crippen LogP) is 2.19. The van der Waals surface area contributed by atoms with Gasteiger partial charge in [0.05, 0.1) is 30.3 Å². The molecule has 3 aromatic heterocycles. The summed E-state index contributed by atoms with van der Waals surface area (Å²) in [6, 6.07) is 8.12. The Bertz CT molecular complexity index is 1240. The number of nitrogens with one attached hydrogen (secondary N) is 3.